The summed E-state index contributed by atoms with van der Waals surface area (Å²) in [5, 5.41) is 12.5. The SMILES string of the molecule is COC(=O)c1c(-c2ccco2)cc(O)c2c3ccccc3n(Cc3ccccc3)c12. The minimum atomic E-state index is -0.483. The zero-order chi connectivity index (χ0) is 20.7. The lowest BCUT2D eigenvalue weighted by Gasteiger charge is -2.14. The molecule has 5 rings (SSSR count). The molecule has 0 fully saturated rings. The number of benzene rings is 3. The van der Waals surface area contributed by atoms with Crippen molar-refractivity contribution in [2.24, 2.45) is 0 Å². The van der Waals surface area contributed by atoms with Gasteiger partial charge in [0.25, 0.3) is 0 Å². The van der Waals surface area contributed by atoms with Crippen molar-refractivity contribution in [2.75, 3.05) is 7.11 Å². The first-order chi connectivity index (χ1) is 14.7. The van der Waals surface area contributed by atoms with Crippen LogP contribution in [0, 0.1) is 0 Å². The molecule has 148 valence electrons. The van der Waals surface area contributed by atoms with Gasteiger partial charge in [-0.15, -0.1) is 0 Å². The molecule has 0 amide bonds. The fraction of sp³-hybridized carbons (Fsp3) is 0.0800. The smallest absolute Gasteiger partial charge is 0.340 e. The number of aromatic nitrogens is 1. The lowest BCUT2D eigenvalue weighted by Crippen LogP contribution is -2.09. The monoisotopic (exact) mass is 397 g/mol. The number of rotatable bonds is 4. The van der Waals surface area contributed by atoms with Crippen molar-refractivity contribution < 1.29 is 19.1 Å². The number of fused-ring (bicyclic) bond motifs is 3. The quantitative estimate of drug-likeness (QED) is 0.401. The molecule has 1 N–H and O–H groups in total. The third-order valence-electron chi connectivity index (χ3n) is 5.37. The van der Waals surface area contributed by atoms with Gasteiger partial charge in [-0.1, -0.05) is 48.5 Å². The molecule has 0 aliphatic rings. The summed E-state index contributed by atoms with van der Waals surface area (Å²) in [5.74, 6) is 0.0969. The first-order valence-electron chi connectivity index (χ1n) is 9.62. The summed E-state index contributed by atoms with van der Waals surface area (Å²) in [4.78, 5) is 13.0. The third-order valence-corrected chi connectivity index (χ3v) is 5.37. The van der Waals surface area contributed by atoms with Gasteiger partial charge in [0.15, 0.2) is 0 Å². The van der Waals surface area contributed by atoms with Gasteiger partial charge in [0.2, 0.25) is 0 Å². The highest BCUT2D eigenvalue weighted by Gasteiger charge is 2.26. The van der Waals surface area contributed by atoms with Crippen molar-refractivity contribution in [1.29, 1.82) is 0 Å². The normalized spacial score (nSPS) is 11.2. The maximum Gasteiger partial charge on any atom is 0.340 e. The Kier molecular flexibility index (Phi) is 4.29. The number of phenolic OH excluding ortho intramolecular Hbond substituents is 1. The highest BCUT2D eigenvalue weighted by molar-refractivity contribution is 6.19. The molecule has 0 saturated carbocycles. The summed E-state index contributed by atoms with van der Waals surface area (Å²) in [6, 6.07) is 22.9. The molecule has 30 heavy (non-hydrogen) atoms. The highest BCUT2D eigenvalue weighted by Crippen LogP contribution is 2.42. The number of hydrogen-bond acceptors (Lipinski definition) is 4. The van der Waals surface area contributed by atoms with Crippen molar-refractivity contribution in [3.05, 3.63) is 90.2 Å². The van der Waals surface area contributed by atoms with E-state index in [1.807, 2.05) is 54.6 Å². The van der Waals surface area contributed by atoms with Crippen LogP contribution < -0.4 is 0 Å². The van der Waals surface area contributed by atoms with Crippen molar-refractivity contribution in [1.82, 2.24) is 4.57 Å². The topological polar surface area (TPSA) is 64.6 Å². The van der Waals surface area contributed by atoms with Gasteiger partial charge in [-0.25, -0.2) is 4.79 Å². The third kappa shape index (κ3) is 2.75. The first kappa shape index (κ1) is 18.1. The largest absolute Gasteiger partial charge is 0.507 e. The number of carbonyl (C=O) groups is 1. The van der Waals surface area contributed by atoms with Crippen LogP contribution >= 0.6 is 0 Å². The fourth-order valence-electron chi connectivity index (χ4n) is 4.10. The van der Waals surface area contributed by atoms with Crippen molar-refractivity contribution in [2.45, 2.75) is 6.54 Å². The van der Waals surface area contributed by atoms with E-state index in [0.717, 1.165) is 16.5 Å². The number of aromatic hydroxyl groups is 1. The van der Waals surface area contributed by atoms with Crippen molar-refractivity contribution >= 4 is 27.8 Å². The number of furan rings is 1. The maximum absolute atomic E-state index is 13.0. The molecule has 0 aliphatic heterocycles. The van der Waals surface area contributed by atoms with E-state index in [2.05, 4.69) is 4.57 Å². The Bertz CT molecular complexity index is 1370. The molecule has 0 radical (unpaired) electrons. The molecule has 0 unspecified atom stereocenters. The van der Waals surface area contributed by atoms with Crippen molar-refractivity contribution in [3.8, 4) is 17.1 Å². The van der Waals surface area contributed by atoms with E-state index >= 15 is 0 Å². The number of esters is 1. The van der Waals surface area contributed by atoms with Gasteiger partial charge in [-0.05, 0) is 29.8 Å². The van der Waals surface area contributed by atoms with Crippen LogP contribution in [0.5, 0.6) is 5.75 Å². The number of para-hydroxylation sites is 1. The van der Waals surface area contributed by atoms with Crippen molar-refractivity contribution in [3.63, 3.8) is 0 Å². The van der Waals surface area contributed by atoms with E-state index in [4.69, 9.17) is 9.15 Å². The molecule has 0 saturated heterocycles. The lowest BCUT2D eigenvalue weighted by atomic mass is 9.99. The lowest BCUT2D eigenvalue weighted by molar-refractivity contribution is 0.0603. The average molecular weight is 397 g/mol. The van der Waals surface area contributed by atoms with Crippen LogP contribution in [0.2, 0.25) is 0 Å². The Morgan fingerprint density at radius 1 is 1.03 bits per heavy atom. The summed E-state index contributed by atoms with van der Waals surface area (Å²) in [5.41, 5.74) is 3.49. The number of phenols is 1. The van der Waals surface area contributed by atoms with E-state index in [0.29, 0.717) is 34.3 Å². The Hall–Kier alpha value is -3.99. The predicted molar refractivity (Wildman–Crippen MR) is 116 cm³/mol. The van der Waals surface area contributed by atoms with E-state index in [9.17, 15) is 9.90 Å². The Balaban J connectivity index is 1.94. The number of hydrogen-bond donors (Lipinski definition) is 1. The zero-order valence-electron chi connectivity index (χ0n) is 16.3. The van der Waals surface area contributed by atoms with Crippen LogP contribution in [0.1, 0.15) is 15.9 Å². The van der Waals surface area contributed by atoms with Crippen LogP contribution in [0.25, 0.3) is 33.1 Å². The number of ether oxygens (including phenoxy) is 1. The van der Waals surface area contributed by atoms with Gasteiger partial charge in [0.1, 0.15) is 11.5 Å². The summed E-state index contributed by atoms with van der Waals surface area (Å²) >= 11 is 0. The Labute approximate surface area is 172 Å². The van der Waals surface area contributed by atoms with E-state index in [1.54, 1.807) is 18.2 Å². The minimum Gasteiger partial charge on any atom is -0.507 e. The Morgan fingerprint density at radius 2 is 1.80 bits per heavy atom. The predicted octanol–water partition coefficient (Wildman–Crippen LogP) is 5.60. The summed E-state index contributed by atoms with van der Waals surface area (Å²) in [6.07, 6.45) is 1.54. The minimum absolute atomic E-state index is 0.0899. The van der Waals surface area contributed by atoms with Crippen LogP contribution in [0.4, 0.5) is 0 Å². The molecule has 0 spiro atoms. The van der Waals surface area contributed by atoms with E-state index < -0.39 is 5.97 Å². The van der Waals surface area contributed by atoms with Gasteiger partial charge < -0.3 is 18.8 Å². The second kappa shape index (κ2) is 7.12. The standard InChI is InChI=1S/C25H19NO4/c1-29-25(28)23-18(21-12-7-13-30-21)14-20(27)22-17-10-5-6-11-19(17)26(24(22)23)15-16-8-3-2-4-9-16/h2-14,27H,15H2,1H3. The van der Waals surface area contributed by atoms with Gasteiger partial charge >= 0.3 is 5.97 Å². The number of carbonyl (C=O) groups excluding carboxylic acids is 1. The number of methoxy groups -OCH3 is 1. The second-order valence-corrected chi connectivity index (χ2v) is 7.10. The molecule has 0 atom stereocenters. The molecular weight excluding hydrogens is 378 g/mol. The molecular formula is C25H19NO4. The van der Waals surface area contributed by atoms with Crippen LogP contribution in [-0.4, -0.2) is 22.8 Å². The van der Waals surface area contributed by atoms with Gasteiger partial charge in [-0.3, -0.25) is 0 Å². The van der Waals surface area contributed by atoms with E-state index in [1.165, 1.54) is 13.4 Å². The number of nitrogens with zero attached hydrogens (tertiary/aromatic N) is 1. The summed E-state index contributed by atoms with van der Waals surface area (Å²) in [7, 11) is 1.36. The van der Waals surface area contributed by atoms with Gasteiger partial charge in [-0.2, -0.15) is 0 Å². The molecule has 0 aliphatic carbocycles. The fourth-order valence-corrected chi connectivity index (χ4v) is 4.10. The summed E-state index contributed by atoms with van der Waals surface area (Å²) < 4.78 is 12.8. The molecule has 0 bridgehead atoms. The molecule has 5 heteroatoms. The van der Waals surface area contributed by atoms with Crippen LogP contribution in [0.3, 0.4) is 0 Å². The average Bonchev–Trinajstić information content (AvgIpc) is 3.42. The molecule has 2 heterocycles. The zero-order valence-corrected chi connectivity index (χ0v) is 16.3. The van der Waals surface area contributed by atoms with E-state index in [-0.39, 0.29) is 5.75 Å². The first-order valence-corrected chi connectivity index (χ1v) is 9.62. The van der Waals surface area contributed by atoms with Crippen LogP contribution in [0.15, 0.2) is 83.5 Å². The molecule has 3 aromatic carbocycles. The van der Waals surface area contributed by atoms with Gasteiger partial charge in [0, 0.05) is 23.0 Å². The Morgan fingerprint density at radius 3 is 2.53 bits per heavy atom. The van der Waals surface area contributed by atoms with Crippen LogP contribution in [-0.2, 0) is 11.3 Å². The highest BCUT2D eigenvalue weighted by atomic mass is 16.5. The van der Waals surface area contributed by atoms with Gasteiger partial charge in [0.05, 0.1) is 29.8 Å². The molecule has 2 aromatic heterocycles. The second-order valence-electron chi connectivity index (χ2n) is 7.10. The maximum atomic E-state index is 13.0. The summed E-state index contributed by atoms with van der Waals surface area (Å²) in [6.45, 7) is 0.538. The molecule has 5 nitrogen and oxygen atoms in total. The molecule has 5 aromatic rings.